The fourth-order valence-electron chi connectivity index (χ4n) is 0. The highest BCUT2D eigenvalue weighted by atomic mass is 16.4. The number of hydrogen-bond acceptors (Lipinski definition) is 2. The van der Waals surface area contributed by atoms with E-state index in [9.17, 15) is 0 Å². The first kappa shape index (κ1) is 9.88. The average molecular weight is 119 g/mol. The topological polar surface area (TPSA) is 113 Å². The van der Waals surface area contributed by atoms with Gasteiger partial charge in [0.1, 0.15) is 0 Å². The zero-order chi connectivity index (χ0) is 7.15. The molecule has 0 saturated heterocycles. The maximum Gasteiger partial charge on any atom is 0.402 e. The number of nitrogens with two attached hydrogens (primary N) is 2. The monoisotopic (exact) mass is 119 g/mol. The summed E-state index contributed by atoms with van der Waals surface area (Å²) in [6.45, 7) is 1.53. The Labute approximate surface area is 46.8 Å². The molecule has 0 aromatic rings. The standard InChI is InChI=1S/C2H6N2.CH3NO2/c1-2(3)4;2-1(3)4/h1H3,(H3,3,4);2H2,(H,3,4). The molecule has 0 fully saturated rings. The molecular formula is C3H9N3O2. The van der Waals surface area contributed by atoms with Crippen molar-refractivity contribution in [3.63, 3.8) is 0 Å². The second-order valence-corrected chi connectivity index (χ2v) is 1.02. The average Bonchev–Trinajstić information content (AvgIpc) is 1.25. The van der Waals surface area contributed by atoms with Crippen LogP contribution in [0.1, 0.15) is 6.92 Å². The number of carbonyl (C=O) groups is 1. The second-order valence-electron chi connectivity index (χ2n) is 1.02. The number of primary amides is 1. The molecule has 0 heterocycles. The zero-order valence-corrected chi connectivity index (χ0v) is 4.51. The first-order chi connectivity index (χ1) is 3.46. The molecule has 0 aromatic carbocycles. The van der Waals surface area contributed by atoms with Gasteiger partial charge in [-0.05, 0) is 6.92 Å². The molecule has 0 aliphatic carbocycles. The molecule has 0 rings (SSSR count). The molecule has 0 saturated carbocycles. The van der Waals surface area contributed by atoms with Gasteiger partial charge in [-0.15, -0.1) is 0 Å². The number of amidine groups is 1. The smallest absolute Gasteiger partial charge is 0.402 e. The van der Waals surface area contributed by atoms with E-state index in [-0.39, 0.29) is 5.84 Å². The van der Waals surface area contributed by atoms with Crippen LogP contribution < -0.4 is 11.5 Å². The molecule has 0 radical (unpaired) electrons. The Morgan fingerprint density at radius 2 is 1.62 bits per heavy atom. The van der Waals surface area contributed by atoms with Gasteiger partial charge in [0.05, 0.1) is 5.84 Å². The van der Waals surface area contributed by atoms with Crippen molar-refractivity contribution in [3.8, 4) is 0 Å². The molecule has 5 heteroatoms. The molecule has 0 spiro atoms. The Hall–Kier alpha value is -1.26. The molecule has 5 nitrogen and oxygen atoms in total. The summed E-state index contributed by atoms with van der Waals surface area (Å²) in [5, 5.41) is 13.5. The van der Waals surface area contributed by atoms with Gasteiger partial charge in [0.2, 0.25) is 0 Å². The van der Waals surface area contributed by atoms with Crippen molar-refractivity contribution >= 4 is 11.9 Å². The minimum Gasteiger partial charge on any atom is -0.465 e. The summed E-state index contributed by atoms with van der Waals surface area (Å²) in [4.78, 5) is 8.78. The van der Waals surface area contributed by atoms with E-state index in [2.05, 4.69) is 5.73 Å². The van der Waals surface area contributed by atoms with Crippen molar-refractivity contribution in [3.05, 3.63) is 0 Å². The lowest BCUT2D eigenvalue weighted by Gasteiger charge is -1.66. The fraction of sp³-hybridized carbons (Fsp3) is 0.333. The first-order valence-corrected chi connectivity index (χ1v) is 1.76. The van der Waals surface area contributed by atoms with Crippen molar-refractivity contribution < 1.29 is 9.90 Å². The molecule has 0 aromatic heterocycles. The molecular weight excluding hydrogens is 110 g/mol. The highest BCUT2D eigenvalue weighted by Gasteiger charge is 1.65. The molecule has 0 aliphatic rings. The number of nitrogens with one attached hydrogen (secondary N) is 1. The molecule has 0 atom stereocenters. The van der Waals surface area contributed by atoms with E-state index < -0.39 is 6.09 Å². The summed E-state index contributed by atoms with van der Waals surface area (Å²) < 4.78 is 0. The summed E-state index contributed by atoms with van der Waals surface area (Å²) in [5.41, 5.74) is 8.72. The number of hydrogen-bond donors (Lipinski definition) is 4. The summed E-state index contributed by atoms with van der Waals surface area (Å²) in [6, 6.07) is 0. The van der Waals surface area contributed by atoms with Crippen molar-refractivity contribution in [1.82, 2.24) is 0 Å². The molecule has 0 bridgehead atoms. The third-order valence-electron chi connectivity index (χ3n) is 0. The second kappa shape index (κ2) is 5.74. The largest absolute Gasteiger partial charge is 0.465 e. The van der Waals surface area contributed by atoms with Crippen LogP contribution in [0.15, 0.2) is 0 Å². The minimum atomic E-state index is -1.33. The summed E-state index contributed by atoms with van der Waals surface area (Å²) >= 11 is 0. The van der Waals surface area contributed by atoms with Crippen LogP contribution in [-0.4, -0.2) is 17.0 Å². The van der Waals surface area contributed by atoms with Crippen molar-refractivity contribution in [2.45, 2.75) is 6.92 Å². The summed E-state index contributed by atoms with van der Waals surface area (Å²) in [6.07, 6.45) is -1.33. The van der Waals surface area contributed by atoms with E-state index in [0.717, 1.165) is 0 Å². The van der Waals surface area contributed by atoms with Crippen LogP contribution in [0.5, 0.6) is 0 Å². The van der Waals surface area contributed by atoms with Gasteiger partial charge in [0.25, 0.3) is 0 Å². The van der Waals surface area contributed by atoms with E-state index in [1.165, 1.54) is 6.92 Å². The molecule has 0 aliphatic heterocycles. The Morgan fingerprint density at radius 3 is 1.62 bits per heavy atom. The normalized spacial score (nSPS) is 6.12. The first-order valence-electron chi connectivity index (χ1n) is 1.76. The van der Waals surface area contributed by atoms with Crippen LogP contribution in [0, 0.1) is 5.41 Å². The van der Waals surface area contributed by atoms with Gasteiger partial charge in [-0.2, -0.15) is 0 Å². The van der Waals surface area contributed by atoms with Crippen LogP contribution in [0.2, 0.25) is 0 Å². The minimum absolute atomic E-state index is 0.167. The van der Waals surface area contributed by atoms with E-state index in [4.69, 9.17) is 21.0 Å². The van der Waals surface area contributed by atoms with Crippen molar-refractivity contribution in [2.75, 3.05) is 0 Å². The summed E-state index contributed by atoms with van der Waals surface area (Å²) in [7, 11) is 0. The van der Waals surface area contributed by atoms with Crippen LogP contribution in [-0.2, 0) is 0 Å². The van der Waals surface area contributed by atoms with Gasteiger partial charge < -0.3 is 16.6 Å². The van der Waals surface area contributed by atoms with Gasteiger partial charge in [0.15, 0.2) is 0 Å². The van der Waals surface area contributed by atoms with Gasteiger partial charge in [0, 0.05) is 0 Å². The molecule has 1 amide bonds. The number of rotatable bonds is 0. The van der Waals surface area contributed by atoms with E-state index in [1.807, 2.05) is 0 Å². The predicted octanol–water partition coefficient (Wildman–Crippen LogP) is -0.435. The van der Waals surface area contributed by atoms with E-state index >= 15 is 0 Å². The predicted molar refractivity (Wildman–Crippen MR) is 29.8 cm³/mol. The van der Waals surface area contributed by atoms with Crippen LogP contribution in [0.3, 0.4) is 0 Å². The maximum absolute atomic E-state index is 8.78. The van der Waals surface area contributed by atoms with Crippen molar-refractivity contribution in [2.24, 2.45) is 11.5 Å². The van der Waals surface area contributed by atoms with Gasteiger partial charge in [-0.3, -0.25) is 5.41 Å². The maximum atomic E-state index is 8.78. The van der Waals surface area contributed by atoms with Crippen LogP contribution >= 0.6 is 0 Å². The number of amides is 1. The lowest BCUT2D eigenvalue weighted by atomic mass is 10.8. The van der Waals surface area contributed by atoms with Gasteiger partial charge in [-0.1, -0.05) is 0 Å². The lowest BCUT2D eigenvalue weighted by Crippen LogP contribution is -2.03. The molecule has 48 valence electrons. The number of carboxylic acid groups (broad SMARTS) is 1. The van der Waals surface area contributed by atoms with Crippen LogP contribution in [0.25, 0.3) is 0 Å². The third-order valence-corrected chi connectivity index (χ3v) is 0. The third kappa shape index (κ3) is 41.8. The molecule has 6 N–H and O–H groups in total. The van der Waals surface area contributed by atoms with E-state index in [1.54, 1.807) is 0 Å². The Kier molecular flexibility index (Phi) is 7.09. The van der Waals surface area contributed by atoms with Gasteiger partial charge >= 0.3 is 6.09 Å². The van der Waals surface area contributed by atoms with Crippen molar-refractivity contribution in [1.29, 1.82) is 5.41 Å². The van der Waals surface area contributed by atoms with Gasteiger partial charge in [-0.25, -0.2) is 4.79 Å². The fourth-order valence-corrected chi connectivity index (χ4v) is 0. The molecule has 8 heavy (non-hydrogen) atoms. The zero-order valence-electron chi connectivity index (χ0n) is 4.51. The Balaban J connectivity index is 0. The highest BCUT2D eigenvalue weighted by Crippen LogP contribution is 1.36. The Bertz CT molecular complexity index is 70.5. The highest BCUT2D eigenvalue weighted by molar-refractivity contribution is 5.73. The lowest BCUT2D eigenvalue weighted by molar-refractivity contribution is 0.205. The van der Waals surface area contributed by atoms with E-state index in [0.29, 0.717) is 0 Å². The quantitative estimate of drug-likeness (QED) is 0.256. The summed E-state index contributed by atoms with van der Waals surface area (Å²) in [5.74, 6) is 0.167. The van der Waals surface area contributed by atoms with Crippen LogP contribution in [0.4, 0.5) is 4.79 Å². The SMILES string of the molecule is CC(=N)N.NC(=O)O. The Morgan fingerprint density at radius 1 is 1.62 bits per heavy atom. The molecule has 0 unspecified atom stereocenters.